The molecule has 1 aromatic carbocycles. The lowest BCUT2D eigenvalue weighted by atomic mass is 9.90. The molecule has 2 N–H and O–H groups in total. The summed E-state index contributed by atoms with van der Waals surface area (Å²) in [6.45, 7) is 9.75. The van der Waals surface area contributed by atoms with Gasteiger partial charge < -0.3 is 10.2 Å². The van der Waals surface area contributed by atoms with E-state index in [1.807, 2.05) is 34.6 Å². The molecule has 0 spiro atoms. The zero-order chi connectivity index (χ0) is 11.7. The number of benzene rings is 1. The van der Waals surface area contributed by atoms with Gasteiger partial charge in [-0.3, -0.25) is 0 Å². The maximum absolute atomic E-state index is 10.1. The van der Waals surface area contributed by atoms with E-state index >= 15 is 0 Å². The highest BCUT2D eigenvalue weighted by molar-refractivity contribution is 5.58. The van der Waals surface area contributed by atoms with Crippen LogP contribution in [0.25, 0.3) is 0 Å². The number of aromatic hydroxyl groups is 2. The summed E-state index contributed by atoms with van der Waals surface area (Å²) in [5.41, 5.74) is 3.34. The molecule has 1 aromatic rings. The Morgan fingerprint density at radius 3 is 1.93 bits per heavy atom. The van der Waals surface area contributed by atoms with Crippen LogP contribution < -0.4 is 0 Å². The Labute approximate surface area is 91.6 Å². The van der Waals surface area contributed by atoms with E-state index < -0.39 is 0 Å². The SMILES string of the molecule is CCc1c(C)c(O)c(C(C)C)c(C)c1O. The molecule has 15 heavy (non-hydrogen) atoms. The van der Waals surface area contributed by atoms with Gasteiger partial charge in [-0.05, 0) is 37.3 Å². The molecule has 0 aliphatic rings. The van der Waals surface area contributed by atoms with Crippen molar-refractivity contribution in [3.05, 3.63) is 22.3 Å². The van der Waals surface area contributed by atoms with Gasteiger partial charge in [-0.1, -0.05) is 20.8 Å². The van der Waals surface area contributed by atoms with Crippen LogP contribution in [-0.2, 0) is 6.42 Å². The number of phenolic OH excluding ortho intramolecular Hbond substituents is 2. The third-order valence-electron chi connectivity index (χ3n) is 3.04. The quantitative estimate of drug-likeness (QED) is 0.731. The molecular formula is C13H20O2. The minimum atomic E-state index is 0.223. The van der Waals surface area contributed by atoms with Crippen LogP contribution in [-0.4, -0.2) is 10.2 Å². The second kappa shape index (κ2) is 4.13. The fourth-order valence-electron chi connectivity index (χ4n) is 2.19. The second-order valence-corrected chi connectivity index (χ2v) is 4.35. The number of hydrogen-bond donors (Lipinski definition) is 2. The van der Waals surface area contributed by atoms with Crippen LogP contribution in [0, 0.1) is 13.8 Å². The molecule has 0 saturated heterocycles. The standard InChI is InChI=1S/C13H20O2/c1-6-10-8(4)13(15)11(7(2)3)9(5)12(10)14/h7,14-15H,6H2,1-5H3. The number of hydrogen-bond acceptors (Lipinski definition) is 2. The molecule has 0 unspecified atom stereocenters. The van der Waals surface area contributed by atoms with E-state index in [-0.39, 0.29) is 5.92 Å². The summed E-state index contributed by atoms with van der Waals surface area (Å²) in [6.07, 6.45) is 0.741. The molecule has 0 saturated carbocycles. The molecule has 84 valence electrons. The molecule has 0 bridgehead atoms. The maximum atomic E-state index is 10.1. The van der Waals surface area contributed by atoms with E-state index in [1.165, 1.54) is 0 Å². The van der Waals surface area contributed by atoms with Crippen LogP contribution in [0.2, 0.25) is 0 Å². The summed E-state index contributed by atoms with van der Waals surface area (Å²) < 4.78 is 0. The molecule has 1 rings (SSSR count). The summed E-state index contributed by atoms with van der Waals surface area (Å²) >= 11 is 0. The highest BCUT2D eigenvalue weighted by Crippen LogP contribution is 2.40. The van der Waals surface area contributed by atoms with Crippen LogP contribution in [0.5, 0.6) is 11.5 Å². The Bertz CT molecular complexity index is 350. The van der Waals surface area contributed by atoms with Crippen molar-refractivity contribution < 1.29 is 10.2 Å². The van der Waals surface area contributed by atoms with E-state index in [1.54, 1.807) is 0 Å². The molecular weight excluding hydrogens is 188 g/mol. The zero-order valence-electron chi connectivity index (χ0n) is 10.2. The molecule has 0 amide bonds. The molecule has 0 radical (unpaired) electrons. The van der Waals surface area contributed by atoms with Crippen molar-refractivity contribution in [3.63, 3.8) is 0 Å². The molecule has 0 atom stereocenters. The highest BCUT2D eigenvalue weighted by Gasteiger charge is 2.19. The van der Waals surface area contributed by atoms with Crippen molar-refractivity contribution in [2.75, 3.05) is 0 Å². The summed E-state index contributed by atoms with van der Waals surface area (Å²) in [5.74, 6) is 0.911. The fraction of sp³-hybridized carbons (Fsp3) is 0.538. The Morgan fingerprint density at radius 1 is 1.00 bits per heavy atom. The average Bonchev–Trinajstić information content (AvgIpc) is 2.16. The van der Waals surface area contributed by atoms with Crippen molar-refractivity contribution in [2.45, 2.75) is 47.0 Å². The Morgan fingerprint density at radius 2 is 1.53 bits per heavy atom. The van der Waals surface area contributed by atoms with Crippen LogP contribution in [0.15, 0.2) is 0 Å². The normalized spacial score (nSPS) is 11.1. The first-order valence-corrected chi connectivity index (χ1v) is 5.45. The molecule has 2 nitrogen and oxygen atoms in total. The molecule has 0 fully saturated rings. The molecule has 0 heterocycles. The zero-order valence-corrected chi connectivity index (χ0v) is 10.2. The lowest BCUT2D eigenvalue weighted by Crippen LogP contribution is -2.00. The van der Waals surface area contributed by atoms with Crippen LogP contribution in [0.1, 0.15) is 48.9 Å². The lowest BCUT2D eigenvalue weighted by molar-refractivity contribution is 0.438. The van der Waals surface area contributed by atoms with Gasteiger partial charge in [-0.2, -0.15) is 0 Å². The van der Waals surface area contributed by atoms with E-state index in [2.05, 4.69) is 0 Å². The Hall–Kier alpha value is -1.18. The lowest BCUT2D eigenvalue weighted by Gasteiger charge is -2.19. The van der Waals surface area contributed by atoms with Gasteiger partial charge in [-0.15, -0.1) is 0 Å². The first-order valence-electron chi connectivity index (χ1n) is 5.45. The van der Waals surface area contributed by atoms with Crippen LogP contribution in [0.4, 0.5) is 0 Å². The molecule has 0 aliphatic carbocycles. The third kappa shape index (κ3) is 1.81. The van der Waals surface area contributed by atoms with Gasteiger partial charge in [0.05, 0.1) is 0 Å². The van der Waals surface area contributed by atoms with E-state index in [0.29, 0.717) is 11.5 Å². The van der Waals surface area contributed by atoms with Crippen molar-refractivity contribution in [1.29, 1.82) is 0 Å². The van der Waals surface area contributed by atoms with E-state index in [0.717, 1.165) is 28.7 Å². The summed E-state index contributed by atoms with van der Waals surface area (Å²) in [6, 6.07) is 0. The Balaban J connectivity index is 3.59. The largest absolute Gasteiger partial charge is 0.507 e. The van der Waals surface area contributed by atoms with Crippen molar-refractivity contribution in [2.24, 2.45) is 0 Å². The van der Waals surface area contributed by atoms with Gasteiger partial charge in [-0.25, -0.2) is 0 Å². The highest BCUT2D eigenvalue weighted by atomic mass is 16.3. The summed E-state index contributed by atoms with van der Waals surface area (Å²) in [4.78, 5) is 0. The van der Waals surface area contributed by atoms with Gasteiger partial charge in [0.25, 0.3) is 0 Å². The number of rotatable bonds is 2. The monoisotopic (exact) mass is 208 g/mol. The minimum absolute atomic E-state index is 0.223. The van der Waals surface area contributed by atoms with Crippen molar-refractivity contribution in [1.82, 2.24) is 0 Å². The van der Waals surface area contributed by atoms with Gasteiger partial charge in [0.15, 0.2) is 0 Å². The predicted molar refractivity (Wildman–Crippen MR) is 62.7 cm³/mol. The molecule has 0 aliphatic heterocycles. The van der Waals surface area contributed by atoms with Crippen molar-refractivity contribution in [3.8, 4) is 11.5 Å². The molecule has 2 heteroatoms. The first kappa shape index (κ1) is 11.9. The van der Waals surface area contributed by atoms with Gasteiger partial charge in [0.2, 0.25) is 0 Å². The topological polar surface area (TPSA) is 40.5 Å². The predicted octanol–water partition coefficient (Wildman–Crippen LogP) is 3.40. The van der Waals surface area contributed by atoms with E-state index in [4.69, 9.17) is 0 Å². The van der Waals surface area contributed by atoms with Crippen molar-refractivity contribution >= 4 is 0 Å². The third-order valence-corrected chi connectivity index (χ3v) is 3.04. The minimum Gasteiger partial charge on any atom is -0.507 e. The maximum Gasteiger partial charge on any atom is 0.122 e. The van der Waals surface area contributed by atoms with Gasteiger partial charge in [0.1, 0.15) is 11.5 Å². The van der Waals surface area contributed by atoms with Crippen LogP contribution >= 0.6 is 0 Å². The number of phenols is 2. The first-order chi connectivity index (χ1) is 6.91. The van der Waals surface area contributed by atoms with E-state index in [9.17, 15) is 10.2 Å². The molecule has 0 aromatic heterocycles. The smallest absolute Gasteiger partial charge is 0.122 e. The van der Waals surface area contributed by atoms with Crippen LogP contribution in [0.3, 0.4) is 0 Å². The average molecular weight is 208 g/mol. The fourth-order valence-corrected chi connectivity index (χ4v) is 2.19. The summed E-state index contributed by atoms with van der Waals surface area (Å²) in [7, 11) is 0. The summed E-state index contributed by atoms with van der Waals surface area (Å²) in [5, 5.41) is 20.1. The second-order valence-electron chi connectivity index (χ2n) is 4.35. The van der Waals surface area contributed by atoms with Gasteiger partial charge in [0, 0.05) is 11.1 Å². The van der Waals surface area contributed by atoms with Gasteiger partial charge >= 0.3 is 0 Å². The Kier molecular flexibility index (Phi) is 3.28.